The van der Waals surface area contributed by atoms with E-state index in [0.717, 1.165) is 5.56 Å². The van der Waals surface area contributed by atoms with Gasteiger partial charge in [0.1, 0.15) is 5.15 Å². The summed E-state index contributed by atoms with van der Waals surface area (Å²) >= 11 is 6.44. The fourth-order valence-electron chi connectivity index (χ4n) is 2.87. The van der Waals surface area contributed by atoms with Gasteiger partial charge in [-0.25, -0.2) is 4.68 Å². The lowest BCUT2D eigenvalue weighted by Gasteiger charge is -2.08. The van der Waals surface area contributed by atoms with E-state index >= 15 is 0 Å². The van der Waals surface area contributed by atoms with E-state index < -0.39 is 0 Å². The Hall–Kier alpha value is -3.12. The van der Waals surface area contributed by atoms with Gasteiger partial charge in [-0.1, -0.05) is 48.0 Å². The van der Waals surface area contributed by atoms with Crippen molar-refractivity contribution in [3.05, 3.63) is 82.1 Å². The standard InChI is InChI=1S/C21H21ClN4O2/c1-3-23-20(27)16-10-7-11-17(12-16)24-21(28)18-14(2)25-26(19(18)22)13-15-8-5-4-6-9-15/h4-12H,3,13H2,1-2H3,(H,23,27)(H,24,28). The SMILES string of the molecule is CCNC(=O)c1cccc(NC(=O)c2c(C)nn(Cc3ccccc3)c2Cl)c1. The molecule has 2 N–H and O–H groups in total. The third kappa shape index (κ3) is 4.40. The van der Waals surface area contributed by atoms with Crippen LogP contribution in [0.1, 0.15) is 38.9 Å². The first-order chi connectivity index (χ1) is 13.5. The molecule has 1 aromatic heterocycles. The van der Waals surface area contributed by atoms with Crippen LogP contribution in [0.4, 0.5) is 5.69 Å². The highest BCUT2D eigenvalue weighted by atomic mass is 35.5. The molecule has 0 radical (unpaired) electrons. The monoisotopic (exact) mass is 396 g/mol. The Kier molecular flexibility index (Phi) is 6.11. The zero-order chi connectivity index (χ0) is 20.1. The van der Waals surface area contributed by atoms with E-state index in [1.165, 1.54) is 0 Å². The van der Waals surface area contributed by atoms with Crippen LogP contribution in [0.15, 0.2) is 54.6 Å². The number of nitrogens with zero attached hydrogens (tertiary/aromatic N) is 2. The van der Waals surface area contributed by atoms with E-state index in [0.29, 0.717) is 35.6 Å². The molecule has 0 fully saturated rings. The van der Waals surface area contributed by atoms with Crippen molar-refractivity contribution in [2.24, 2.45) is 0 Å². The van der Waals surface area contributed by atoms with Crippen LogP contribution in [0.25, 0.3) is 0 Å². The van der Waals surface area contributed by atoms with Crippen molar-refractivity contribution in [1.82, 2.24) is 15.1 Å². The molecule has 0 unspecified atom stereocenters. The Balaban J connectivity index is 1.80. The molecule has 0 atom stereocenters. The third-order valence-corrected chi connectivity index (χ3v) is 4.57. The van der Waals surface area contributed by atoms with Gasteiger partial charge >= 0.3 is 0 Å². The minimum atomic E-state index is -0.366. The minimum Gasteiger partial charge on any atom is -0.352 e. The predicted molar refractivity (Wildman–Crippen MR) is 110 cm³/mol. The first-order valence-corrected chi connectivity index (χ1v) is 9.33. The smallest absolute Gasteiger partial charge is 0.260 e. The second kappa shape index (κ2) is 8.71. The number of anilines is 1. The summed E-state index contributed by atoms with van der Waals surface area (Å²) in [7, 11) is 0. The predicted octanol–water partition coefficient (Wildman–Crippen LogP) is 3.90. The number of rotatable bonds is 6. The molecule has 7 heteroatoms. The molecule has 28 heavy (non-hydrogen) atoms. The zero-order valence-electron chi connectivity index (χ0n) is 15.7. The van der Waals surface area contributed by atoms with Gasteiger partial charge in [-0.15, -0.1) is 0 Å². The second-order valence-electron chi connectivity index (χ2n) is 6.29. The van der Waals surface area contributed by atoms with Crippen molar-refractivity contribution < 1.29 is 9.59 Å². The molecule has 0 bridgehead atoms. The Morgan fingerprint density at radius 1 is 1.07 bits per heavy atom. The van der Waals surface area contributed by atoms with E-state index in [2.05, 4.69) is 15.7 Å². The normalized spacial score (nSPS) is 10.5. The van der Waals surface area contributed by atoms with Gasteiger partial charge in [0.15, 0.2) is 0 Å². The quantitative estimate of drug-likeness (QED) is 0.663. The molecule has 2 aromatic carbocycles. The number of amides is 2. The fourth-order valence-corrected chi connectivity index (χ4v) is 3.19. The first kappa shape index (κ1) is 19.6. The lowest BCUT2D eigenvalue weighted by Crippen LogP contribution is -2.22. The van der Waals surface area contributed by atoms with E-state index in [1.807, 2.05) is 37.3 Å². The lowest BCUT2D eigenvalue weighted by atomic mass is 10.1. The fraction of sp³-hybridized carbons (Fsp3) is 0.190. The molecule has 2 amide bonds. The minimum absolute atomic E-state index is 0.191. The van der Waals surface area contributed by atoms with Gasteiger partial charge in [0.05, 0.1) is 17.8 Å². The number of hydrogen-bond donors (Lipinski definition) is 2. The van der Waals surface area contributed by atoms with Gasteiger partial charge in [-0.3, -0.25) is 9.59 Å². The van der Waals surface area contributed by atoms with Crippen LogP contribution < -0.4 is 10.6 Å². The maximum absolute atomic E-state index is 12.8. The van der Waals surface area contributed by atoms with Crippen LogP contribution in [-0.2, 0) is 6.54 Å². The van der Waals surface area contributed by atoms with Gasteiger partial charge in [-0.2, -0.15) is 5.10 Å². The molecular weight excluding hydrogens is 376 g/mol. The Morgan fingerprint density at radius 3 is 2.54 bits per heavy atom. The molecule has 0 saturated carbocycles. The van der Waals surface area contributed by atoms with E-state index in [-0.39, 0.29) is 17.0 Å². The highest BCUT2D eigenvalue weighted by Crippen LogP contribution is 2.22. The van der Waals surface area contributed by atoms with Crippen molar-refractivity contribution in [2.75, 3.05) is 11.9 Å². The lowest BCUT2D eigenvalue weighted by molar-refractivity contribution is 0.0954. The van der Waals surface area contributed by atoms with Gasteiger partial charge in [0, 0.05) is 17.8 Å². The molecule has 0 aliphatic heterocycles. The third-order valence-electron chi connectivity index (χ3n) is 4.19. The Bertz CT molecular complexity index is 999. The van der Waals surface area contributed by atoms with Crippen LogP contribution in [0.2, 0.25) is 5.15 Å². The summed E-state index contributed by atoms with van der Waals surface area (Å²) in [4.78, 5) is 24.8. The van der Waals surface area contributed by atoms with Gasteiger partial charge in [0.25, 0.3) is 11.8 Å². The summed E-state index contributed by atoms with van der Waals surface area (Å²) in [6, 6.07) is 16.5. The van der Waals surface area contributed by atoms with Crippen LogP contribution in [0.5, 0.6) is 0 Å². The molecule has 6 nitrogen and oxygen atoms in total. The second-order valence-corrected chi connectivity index (χ2v) is 6.65. The molecular formula is C21H21ClN4O2. The van der Waals surface area contributed by atoms with Crippen molar-refractivity contribution in [2.45, 2.75) is 20.4 Å². The number of aromatic nitrogens is 2. The number of hydrogen-bond acceptors (Lipinski definition) is 3. The van der Waals surface area contributed by atoms with Gasteiger partial charge in [0.2, 0.25) is 0 Å². The summed E-state index contributed by atoms with van der Waals surface area (Å²) < 4.78 is 1.60. The highest BCUT2D eigenvalue weighted by molar-refractivity contribution is 6.33. The van der Waals surface area contributed by atoms with Crippen LogP contribution in [0, 0.1) is 6.92 Å². The summed E-state index contributed by atoms with van der Waals surface area (Å²) in [5.74, 6) is -0.557. The Morgan fingerprint density at radius 2 is 1.82 bits per heavy atom. The maximum Gasteiger partial charge on any atom is 0.260 e. The van der Waals surface area contributed by atoms with Gasteiger partial charge in [-0.05, 0) is 37.6 Å². The molecule has 3 rings (SSSR count). The molecule has 3 aromatic rings. The molecule has 144 valence electrons. The number of carbonyl (C=O) groups excluding carboxylic acids is 2. The van der Waals surface area contributed by atoms with Crippen LogP contribution >= 0.6 is 11.6 Å². The molecule has 0 saturated heterocycles. The van der Waals surface area contributed by atoms with Crippen LogP contribution in [0.3, 0.4) is 0 Å². The summed E-state index contributed by atoms with van der Waals surface area (Å²) in [6.07, 6.45) is 0. The number of benzene rings is 2. The number of nitrogens with one attached hydrogen (secondary N) is 2. The average molecular weight is 397 g/mol. The molecule has 0 spiro atoms. The number of aryl methyl sites for hydroxylation is 1. The first-order valence-electron chi connectivity index (χ1n) is 8.96. The van der Waals surface area contributed by atoms with Gasteiger partial charge < -0.3 is 10.6 Å². The van der Waals surface area contributed by atoms with E-state index in [4.69, 9.17) is 11.6 Å². The number of halogens is 1. The number of carbonyl (C=O) groups is 2. The van der Waals surface area contributed by atoms with Crippen LogP contribution in [-0.4, -0.2) is 28.1 Å². The summed E-state index contributed by atoms with van der Waals surface area (Å²) in [5, 5.41) is 10.2. The zero-order valence-corrected chi connectivity index (χ0v) is 16.5. The van der Waals surface area contributed by atoms with Crippen molar-refractivity contribution >= 4 is 29.1 Å². The highest BCUT2D eigenvalue weighted by Gasteiger charge is 2.21. The van der Waals surface area contributed by atoms with E-state index in [9.17, 15) is 9.59 Å². The van der Waals surface area contributed by atoms with Crippen molar-refractivity contribution in [3.8, 4) is 0 Å². The summed E-state index contributed by atoms with van der Waals surface area (Å²) in [6.45, 7) is 4.60. The van der Waals surface area contributed by atoms with Crippen molar-refractivity contribution in [1.29, 1.82) is 0 Å². The maximum atomic E-state index is 12.8. The largest absolute Gasteiger partial charge is 0.352 e. The summed E-state index contributed by atoms with van der Waals surface area (Å²) in [5.41, 5.74) is 2.88. The molecule has 0 aliphatic carbocycles. The Labute approximate surface area is 168 Å². The molecule has 1 heterocycles. The topological polar surface area (TPSA) is 76.0 Å². The molecule has 0 aliphatic rings. The average Bonchev–Trinajstić information content (AvgIpc) is 2.96. The van der Waals surface area contributed by atoms with E-state index in [1.54, 1.807) is 35.9 Å². The van der Waals surface area contributed by atoms with Crippen molar-refractivity contribution in [3.63, 3.8) is 0 Å².